The maximum atomic E-state index is 12.9. The Morgan fingerprint density at radius 3 is 2.48 bits per heavy atom. The van der Waals surface area contributed by atoms with Gasteiger partial charge in [-0.15, -0.1) is 0 Å². The van der Waals surface area contributed by atoms with Gasteiger partial charge in [0, 0.05) is 19.0 Å². The Morgan fingerprint density at radius 2 is 1.89 bits per heavy atom. The highest BCUT2D eigenvalue weighted by atomic mass is 19.4. The maximum Gasteiger partial charge on any atom is 0.416 e. The first-order chi connectivity index (χ1) is 12.7. The molecular formula is C18H19F3N4O2. The van der Waals surface area contributed by atoms with Gasteiger partial charge in [0.1, 0.15) is 0 Å². The van der Waals surface area contributed by atoms with Crippen LogP contribution in [0.15, 0.2) is 30.5 Å². The molecule has 0 spiro atoms. The summed E-state index contributed by atoms with van der Waals surface area (Å²) in [7, 11) is 0. The number of carbonyl (C=O) groups is 2. The van der Waals surface area contributed by atoms with Crippen molar-refractivity contribution in [1.82, 2.24) is 14.7 Å². The molecular weight excluding hydrogens is 361 g/mol. The number of benzene rings is 1. The number of hydrogen-bond donors (Lipinski definition) is 1. The molecule has 27 heavy (non-hydrogen) atoms. The highest BCUT2D eigenvalue weighted by Gasteiger charge is 2.31. The van der Waals surface area contributed by atoms with Gasteiger partial charge in [0.25, 0.3) is 5.91 Å². The molecule has 1 fully saturated rings. The number of aromatic nitrogens is 2. The van der Waals surface area contributed by atoms with E-state index in [1.807, 2.05) is 0 Å². The normalized spacial score (nSPS) is 15.8. The average molecular weight is 380 g/mol. The van der Waals surface area contributed by atoms with Crippen molar-refractivity contribution in [2.24, 2.45) is 11.7 Å². The van der Waals surface area contributed by atoms with E-state index in [0.717, 1.165) is 12.1 Å². The molecule has 1 aliphatic heterocycles. The van der Waals surface area contributed by atoms with E-state index in [2.05, 4.69) is 5.10 Å². The summed E-state index contributed by atoms with van der Waals surface area (Å²) in [5.74, 6) is -0.854. The van der Waals surface area contributed by atoms with Gasteiger partial charge in [-0.25, -0.2) is 4.68 Å². The van der Waals surface area contributed by atoms with E-state index < -0.39 is 11.7 Å². The van der Waals surface area contributed by atoms with Gasteiger partial charge in [-0.05, 0) is 38.0 Å². The number of alkyl halides is 3. The van der Waals surface area contributed by atoms with Crippen molar-refractivity contribution in [1.29, 1.82) is 0 Å². The summed E-state index contributed by atoms with van der Waals surface area (Å²) >= 11 is 0. The molecule has 0 radical (unpaired) electrons. The fourth-order valence-corrected chi connectivity index (χ4v) is 3.23. The van der Waals surface area contributed by atoms with E-state index in [1.54, 1.807) is 11.8 Å². The molecule has 2 heterocycles. The summed E-state index contributed by atoms with van der Waals surface area (Å²) in [5.41, 5.74) is 5.53. The molecule has 3 rings (SSSR count). The first kappa shape index (κ1) is 18.9. The van der Waals surface area contributed by atoms with E-state index in [0.29, 0.717) is 37.2 Å². The second kappa shape index (κ2) is 7.05. The zero-order valence-electron chi connectivity index (χ0n) is 14.7. The van der Waals surface area contributed by atoms with Crippen LogP contribution >= 0.6 is 0 Å². The predicted molar refractivity (Wildman–Crippen MR) is 91.1 cm³/mol. The molecule has 6 nitrogen and oxygen atoms in total. The van der Waals surface area contributed by atoms with Crippen molar-refractivity contribution in [2.45, 2.75) is 25.9 Å². The lowest BCUT2D eigenvalue weighted by atomic mass is 9.96. The Kier molecular flexibility index (Phi) is 4.95. The van der Waals surface area contributed by atoms with Crippen molar-refractivity contribution in [3.63, 3.8) is 0 Å². The summed E-state index contributed by atoms with van der Waals surface area (Å²) in [4.78, 5) is 25.6. The summed E-state index contributed by atoms with van der Waals surface area (Å²) in [5, 5.41) is 4.10. The van der Waals surface area contributed by atoms with Crippen LogP contribution in [-0.2, 0) is 11.0 Å². The summed E-state index contributed by atoms with van der Waals surface area (Å²) < 4.78 is 40.1. The van der Waals surface area contributed by atoms with Crippen LogP contribution in [0.5, 0.6) is 0 Å². The predicted octanol–water partition coefficient (Wildman–Crippen LogP) is 2.54. The fourth-order valence-electron chi connectivity index (χ4n) is 3.23. The Bertz CT molecular complexity index is 868. The number of nitrogens with two attached hydrogens (primary N) is 1. The molecule has 2 N–H and O–H groups in total. The summed E-state index contributed by atoms with van der Waals surface area (Å²) in [6.07, 6.45) is -2.09. The van der Waals surface area contributed by atoms with Gasteiger partial charge in [0.15, 0.2) is 0 Å². The highest BCUT2D eigenvalue weighted by molar-refractivity contribution is 5.95. The number of carbonyl (C=O) groups excluding carboxylic acids is 2. The average Bonchev–Trinajstić information content (AvgIpc) is 3.02. The molecule has 2 aromatic rings. The Labute approximate surface area is 153 Å². The molecule has 0 unspecified atom stereocenters. The number of hydrogen-bond acceptors (Lipinski definition) is 3. The minimum Gasteiger partial charge on any atom is -0.369 e. The van der Waals surface area contributed by atoms with Gasteiger partial charge in [-0.1, -0.05) is 6.07 Å². The largest absolute Gasteiger partial charge is 0.416 e. The molecule has 144 valence electrons. The van der Waals surface area contributed by atoms with Crippen molar-refractivity contribution in [3.05, 3.63) is 47.3 Å². The number of halogens is 3. The minimum atomic E-state index is -4.46. The minimum absolute atomic E-state index is 0.230. The topological polar surface area (TPSA) is 81.2 Å². The van der Waals surface area contributed by atoms with Gasteiger partial charge in [-0.3, -0.25) is 9.59 Å². The first-order valence-electron chi connectivity index (χ1n) is 8.49. The molecule has 1 aliphatic rings. The van der Waals surface area contributed by atoms with Gasteiger partial charge in [-0.2, -0.15) is 18.3 Å². The Hall–Kier alpha value is -2.84. The van der Waals surface area contributed by atoms with E-state index in [9.17, 15) is 22.8 Å². The molecule has 0 saturated carbocycles. The standard InChI is InChI=1S/C18H19F3N4O2/c1-11-15(17(27)24-7-5-12(6-8-24)16(22)26)10-23-25(11)14-4-2-3-13(9-14)18(19,20)21/h2-4,9-10,12H,5-8H2,1H3,(H2,22,26). The zero-order chi connectivity index (χ0) is 19.8. The molecule has 2 amide bonds. The number of rotatable bonds is 3. The lowest BCUT2D eigenvalue weighted by Gasteiger charge is -2.30. The van der Waals surface area contributed by atoms with E-state index >= 15 is 0 Å². The van der Waals surface area contributed by atoms with Crippen molar-refractivity contribution < 1.29 is 22.8 Å². The number of primary amides is 1. The van der Waals surface area contributed by atoms with Crippen LogP contribution in [0.3, 0.4) is 0 Å². The second-order valence-electron chi connectivity index (χ2n) is 6.57. The third-order valence-corrected chi connectivity index (χ3v) is 4.84. The van der Waals surface area contributed by atoms with Crippen LogP contribution in [0.25, 0.3) is 5.69 Å². The SMILES string of the molecule is Cc1c(C(=O)N2CCC(C(N)=O)CC2)cnn1-c1cccc(C(F)(F)F)c1. The van der Waals surface area contributed by atoms with Crippen molar-refractivity contribution in [3.8, 4) is 5.69 Å². The van der Waals surface area contributed by atoms with Gasteiger partial charge >= 0.3 is 6.18 Å². The maximum absolute atomic E-state index is 12.9. The quantitative estimate of drug-likeness (QED) is 0.889. The van der Waals surface area contributed by atoms with Crippen LogP contribution in [0, 0.1) is 12.8 Å². The number of piperidine rings is 1. The van der Waals surface area contributed by atoms with Crippen LogP contribution in [-0.4, -0.2) is 39.6 Å². The Balaban J connectivity index is 1.82. The number of likely N-dealkylation sites (tertiary alicyclic amines) is 1. The van der Waals surface area contributed by atoms with Crippen molar-refractivity contribution >= 4 is 11.8 Å². The molecule has 1 saturated heterocycles. The monoisotopic (exact) mass is 380 g/mol. The van der Waals surface area contributed by atoms with Gasteiger partial charge in [0.2, 0.25) is 5.91 Å². The summed E-state index contributed by atoms with van der Waals surface area (Å²) in [6, 6.07) is 4.78. The highest BCUT2D eigenvalue weighted by Crippen LogP contribution is 2.30. The lowest BCUT2D eigenvalue weighted by molar-refractivity contribution is -0.137. The molecule has 1 aromatic carbocycles. The number of nitrogens with zero attached hydrogens (tertiary/aromatic N) is 3. The molecule has 9 heteroatoms. The van der Waals surface area contributed by atoms with Crippen LogP contribution in [0.2, 0.25) is 0 Å². The van der Waals surface area contributed by atoms with E-state index in [-0.39, 0.29) is 23.4 Å². The van der Waals surface area contributed by atoms with Crippen molar-refractivity contribution in [2.75, 3.05) is 13.1 Å². The lowest BCUT2D eigenvalue weighted by Crippen LogP contribution is -2.41. The first-order valence-corrected chi connectivity index (χ1v) is 8.49. The third-order valence-electron chi connectivity index (χ3n) is 4.84. The molecule has 1 aromatic heterocycles. The number of amides is 2. The smallest absolute Gasteiger partial charge is 0.369 e. The van der Waals surface area contributed by atoms with Crippen LogP contribution in [0.1, 0.15) is 34.5 Å². The zero-order valence-corrected chi connectivity index (χ0v) is 14.7. The van der Waals surface area contributed by atoms with Crippen LogP contribution < -0.4 is 5.73 Å². The third kappa shape index (κ3) is 3.81. The van der Waals surface area contributed by atoms with Gasteiger partial charge in [0.05, 0.1) is 28.7 Å². The second-order valence-corrected chi connectivity index (χ2v) is 6.57. The van der Waals surface area contributed by atoms with E-state index in [1.165, 1.54) is 23.0 Å². The van der Waals surface area contributed by atoms with E-state index in [4.69, 9.17) is 5.73 Å². The van der Waals surface area contributed by atoms with Gasteiger partial charge < -0.3 is 10.6 Å². The summed E-state index contributed by atoms with van der Waals surface area (Å²) in [6.45, 7) is 2.44. The van der Waals surface area contributed by atoms with Crippen LogP contribution in [0.4, 0.5) is 13.2 Å². The Morgan fingerprint density at radius 1 is 1.22 bits per heavy atom. The molecule has 0 aliphatic carbocycles. The fraction of sp³-hybridized carbons (Fsp3) is 0.389. The molecule has 0 bridgehead atoms. The molecule has 0 atom stereocenters.